The lowest BCUT2D eigenvalue weighted by molar-refractivity contribution is 0.112. The first-order valence-electron chi connectivity index (χ1n) is 3.57. The zero-order chi connectivity index (χ0) is 8.69. The van der Waals surface area contributed by atoms with Crippen LogP contribution < -0.4 is 0 Å². The van der Waals surface area contributed by atoms with Crippen LogP contribution in [-0.2, 0) is 0 Å². The number of benzene rings is 1. The van der Waals surface area contributed by atoms with Crippen molar-refractivity contribution in [3.05, 3.63) is 29.8 Å². The van der Waals surface area contributed by atoms with Crippen LogP contribution in [0.25, 0.3) is 0 Å². The number of hydrogen-bond acceptors (Lipinski definition) is 2. The Labute approximate surface area is 72.8 Å². The fourth-order valence-electron chi connectivity index (χ4n) is 0.553. The number of hydrogen-bond donors (Lipinski definition) is 1. The van der Waals surface area contributed by atoms with Crippen LogP contribution in [0, 0.1) is 0 Å². The van der Waals surface area contributed by atoms with Gasteiger partial charge in [-0.25, -0.2) is 0 Å². The van der Waals surface area contributed by atoms with Gasteiger partial charge in [-0.1, -0.05) is 26.0 Å². The molecule has 1 nitrogen and oxygen atoms in total. The number of rotatable bonds is 1. The third-order valence-corrected chi connectivity index (χ3v) is 1.33. The normalized spacial score (nSPS) is 7.91. The van der Waals surface area contributed by atoms with E-state index < -0.39 is 0 Å². The van der Waals surface area contributed by atoms with E-state index in [2.05, 4.69) is 12.6 Å². The summed E-state index contributed by atoms with van der Waals surface area (Å²) in [6, 6.07) is 7.03. The van der Waals surface area contributed by atoms with Crippen molar-refractivity contribution in [2.75, 3.05) is 0 Å². The van der Waals surface area contributed by atoms with E-state index in [1.807, 2.05) is 13.8 Å². The Hall–Kier alpha value is -0.760. The van der Waals surface area contributed by atoms with Gasteiger partial charge in [0.1, 0.15) is 6.29 Å². The summed E-state index contributed by atoms with van der Waals surface area (Å²) in [5, 5.41) is 0. The zero-order valence-electron chi connectivity index (χ0n) is 6.74. The molecule has 0 bridgehead atoms. The maximum absolute atomic E-state index is 10.1. The van der Waals surface area contributed by atoms with Gasteiger partial charge in [-0.3, -0.25) is 4.79 Å². The molecule has 11 heavy (non-hydrogen) atoms. The second-order valence-corrected chi connectivity index (χ2v) is 2.23. The van der Waals surface area contributed by atoms with Crippen LogP contribution in [0.15, 0.2) is 29.2 Å². The summed E-state index contributed by atoms with van der Waals surface area (Å²) in [6.07, 6.45) is 0.813. The molecule has 0 spiro atoms. The summed E-state index contributed by atoms with van der Waals surface area (Å²) in [5.74, 6) is 0. The van der Waals surface area contributed by atoms with Crippen LogP contribution in [0.3, 0.4) is 0 Å². The van der Waals surface area contributed by atoms with E-state index >= 15 is 0 Å². The van der Waals surface area contributed by atoms with Gasteiger partial charge >= 0.3 is 0 Å². The van der Waals surface area contributed by atoms with E-state index in [4.69, 9.17) is 0 Å². The summed E-state index contributed by atoms with van der Waals surface area (Å²) < 4.78 is 0. The number of aldehydes is 1. The van der Waals surface area contributed by atoms with Gasteiger partial charge in [0.15, 0.2) is 0 Å². The van der Waals surface area contributed by atoms with Crippen molar-refractivity contribution in [3.63, 3.8) is 0 Å². The molecule has 0 saturated heterocycles. The second kappa shape index (κ2) is 5.98. The minimum Gasteiger partial charge on any atom is -0.298 e. The molecule has 0 aliphatic carbocycles. The Morgan fingerprint density at radius 3 is 2.00 bits per heavy atom. The highest BCUT2D eigenvalue weighted by molar-refractivity contribution is 7.80. The van der Waals surface area contributed by atoms with Gasteiger partial charge in [-0.2, -0.15) is 0 Å². The summed E-state index contributed by atoms with van der Waals surface area (Å²) in [4.78, 5) is 11.0. The van der Waals surface area contributed by atoms with Crippen LogP contribution in [0.4, 0.5) is 0 Å². The molecule has 0 aliphatic heterocycles. The molecule has 0 N–H and O–H groups in total. The van der Waals surface area contributed by atoms with Crippen molar-refractivity contribution in [2.45, 2.75) is 18.7 Å². The highest BCUT2D eigenvalue weighted by Crippen LogP contribution is 2.05. The molecule has 1 aromatic rings. The molecule has 0 fully saturated rings. The standard InChI is InChI=1S/C7H6OS.C2H6/c8-5-6-1-3-7(9)4-2-6;1-2/h1-5,9H;1-2H3. The largest absolute Gasteiger partial charge is 0.298 e. The molecule has 2 heteroatoms. The molecule has 0 unspecified atom stereocenters. The van der Waals surface area contributed by atoms with Crippen LogP contribution in [-0.4, -0.2) is 6.29 Å². The van der Waals surface area contributed by atoms with E-state index in [0.29, 0.717) is 5.56 Å². The van der Waals surface area contributed by atoms with Gasteiger partial charge < -0.3 is 0 Å². The van der Waals surface area contributed by atoms with E-state index in [0.717, 1.165) is 11.2 Å². The van der Waals surface area contributed by atoms with Crippen molar-refractivity contribution in [1.29, 1.82) is 0 Å². The Bertz CT molecular complexity index is 203. The first kappa shape index (κ1) is 10.2. The van der Waals surface area contributed by atoms with Gasteiger partial charge in [0.2, 0.25) is 0 Å². The first-order valence-corrected chi connectivity index (χ1v) is 4.02. The second-order valence-electron chi connectivity index (χ2n) is 1.71. The van der Waals surface area contributed by atoms with Crippen molar-refractivity contribution in [2.24, 2.45) is 0 Å². The van der Waals surface area contributed by atoms with E-state index in [1.165, 1.54) is 0 Å². The van der Waals surface area contributed by atoms with Gasteiger partial charge in [-0.15, -0.1) is 12.6 Å². The van der Waals surface area contributed by atoms with Crippen LogP contribution in [0.2, 0.25) is 0 Å². The minimum atomic E-state index is 0.688. The van der Waals surface area contributed by atoms with E-state index in [9.17, 15) is 4.79 Å². The average molecular weight is 168 g/mol. The summed E-state index contributed by atoms with van der Waals surface area (Å²) >= 11 is 4.05. The van der Waals surface area contributed by atoms with Gasteiger partial charge in [0.05, 0.1) is 0 Å². The molecular weight excluding hydrogens is 156 g/mol. The Balaban J connectivity index is 0.000000461. The van der Waals surface area contributed by atoms with Crippen molar-refractivity contribution < 1.29 is 4.79 Å². The molecule has 0 radical (unpaired) electrons. The summed E-state index contributed by atoms with van der Waals surface area (Å²) in [6.45, 7) is 4.00. The molecule has 1 aromatic carbocycles. The van der Waals surface area contributed by atoms with Gasteiger partial charge in [0.25, 0.3) is 0 Å². The van der Waals surface area contributed by atoms with Crippen LogP contribution >= 0.6 is 12.6 Å². The molecule has 0 aromatic heterocycles. The molecule has 60 valence electrons. The molecule has 0 aliphatic rings. The Kier molecular flexibility index (Phi) is 5.57. The number of thiol groups is 1. The molecule has 1 rings (SSSR count). The maximum atomic E-state index is 10.1. The van der Waals surface area contributed by atoms with Crippen LogP contribution in [0.5, 0.6) is 0 Å². The van der Waals surface area contributed by atoms with Crippen molar-refractivity contribution in [1.82, 2.24) is 0 Å². The quantitative estimate of drug-likeness (QED) is 0.504. The molecule has 0 amide bonds. The lowest BCUT2D eigenvalue weighted by Gasteiger charge is -1.88. The third-order valence-electron chi connectivity index (χ3n) is 1.03. The highest BCUT2D eigenvalue weighted by Gasteiger charge is 1.85. The SMILES string of the molecule is CC.O=Cc1ccc(S)cc1. The Morgan fingerprint density at radius 1 is 1.18 bits per heavy atom. The van der Waals surface area contributed by atoms with Crippen molar-refractivity contribution >= 4 is 18.9 Å². The summed E-state index contributed by atoms with van der Waals surface area (Å²) in [7, 11) is 0. The first-order chi connectivity index (χ1) is 5.33. The molecule has 0 saturated carbocycles. The van der Waals surface area contributed by atoms with E-state index in [-0.39, 0.29) is 0 Å². The maximum Gasteiger partial charge on any atom is 0.150 e. The van der Waals surface area contributed by atoms with E-state index in [1.54, 1.807) is 24.3 Å². The topological polar surface area (TPSA) is 17.1 Å². The lowest BCUT2D eigenvalue weighted by atomic mass is 10.2. The fraction of sp³-hybridized carbons (Fsp3) is 0.222. The average Bonchev–Trinajstić information content (AvgIpc) is 2.10. The fourth-order valence-corrected chi connectivity index (χ4v) is 0.702. The van der Waals surface area contributed by atoms with Crippen LogP contribution in [0.1, 0.15) is 24.2 Å². The highest BCUT2D eigenvalue weighted by atomic mass is 32.1. The molecular formula is C9H12OS. The minimum absolute atomic E-state index is 0.688. The zero-order valence-corrected chi connectivity index (χ0v) is 7.64. The number of carbonyl (C=O) groups excluding carboxylic acids is 1. The van der Waals surface area contributed by atoms with Crippen molar-refractivity contribution in [3.8, 4) is 0 Å². The summed E-state index contributed by atoms with van der Waals surface area (Å²) in [5.41, 5.74) is 0.688. The predicted octanol–water partition coefficient (Wildman–Crippen LogP) is 2.81. The Morgan fingerprint density at radius 2 is 1.64 bits per heavy atom. The monoisotopic (exact) mass is 168 g/mol. The third kappa shape index (κ3) is 3.83. The lowest BCUT2D eigenvalue weighted by Crippen LogP contribution is -1.75. The van der Waals surface area contributed by atoms with Gasteiger partial charge in [0, 0.05) is 10.5 Å². The molecule has 0 atom stereocenters. The number of carbonyl (C=O) groups is 1. The molecule has 0 heterocycles. The smallest absolute Gasteiger partial charge is 0.150 e. The van der Waals surface area contributed by atoms with Gasteiger partial charge in [-0.05, 0) is 12.1 Å². The predicted molar refractivity (Wildman–Crippen MR) is 50.4 cm³/mol.